The Balaban J connectivity index is 1.49. The van der Waals surface area contributed by atoms with Crippen molar-refractivity contribution in [1.82, 2.24) is 10.2 Å². The number of carbonyl (C=O) groups is 1. The maximum absolute atomic E-state index is 12.2. The molecule has 3 rings (SSSR count). The Labute approximate surface area is 162 Å². The van der Waals surface area contributed by atoms with E-state index in [0.717, 1.165) is 11.8 Å². The zero-order valence-electron chi connectivity index (χ0n) is 14.9. The third-order valence-corrected chi connectivity index (χ3v) is 6.68. The van der Waals surface area contributed by atoms with E-state index < -0.39 is 9.84 Å². The molecule has 27 heavy (non-hydrogen) atoms. The molecule has 0 spiro atoms. The third-order valence-electron chi connectivity index (χ3n) is 4.03. The number of nitrogens with one attached hydrogen (secondary N) is 1. The van der Waals surface area contributed by atoms with Gasteiger partial charge in [-0.3, -0.25) is 4.79 Å². The van der Waals surface area contributed by atoms with Crippen molar-refractivity contribution in [3.63, 3.8) is 0 Å². The smallest absolute Gasteiger partial charge is 0.277 e. The van der Waals surface area contributed by atoms with E-state index in [9.17, 15) is 13.2 Å². The fourth-order valence-corrected chi connectivity index (χ4v) is 5.27. The van der Waals surface area contributed by atoms with Gasteiger partial charge >= 0.3 is 0 Å². The quantitative estimate of drug-likeness (QED) is 0.658. The minimum Gasteiger partial charge on any atom is -0.492 e. The highest BCUT2D eigenvalue weighted by atomic mass is 32.2. The first-order valence-corrected chi connectivity index (χ1v) is 11.4. The average molecular weight is 412 g/mol. The molecule has 1 atom stereocenters. The van der Waals surface area contributed by atoms with Crippen molar-refractivity contribution in [3.05, 3.63) is 30.2 Å². The molecule has 0 radical (unpaired) electrons. The third kappa shape index (κ3) is 5.70. The summed E-state index contributed by atoms with van der Waals surface area (Å²) >= 11 is 1.13. The first-order chi connectivity index (χ1) is 12.9. The lowest BCUT2D eigenvalue weighted by molar-refractivity contribution is -0.113. The summed E-state index contributed by atoms with van der Waals surface area (Å²) in [7, 11) is -2.93. The van der Waals surface area contributed by atoms with Crippen LogP contribution in [0.15, 0.2) is 33.9 Å². The Hall–Kier alpha value is -2.07. The van der Waals surface area contributed by atoms with E-state index >= 15 is 0 Å². The Kier molecular flexibility index (Phi) is 6.38. The molecule has 2 aromatic rings. The molecule has 8 nitrogen and oxygen atoms in total. The van der Waals surface area contributed by atoms with Crippen LogP contribution in [0.4, 0.5) is 5.69 Å². The monoisotopic (exact) mass is 411 g/mol. The molecule has 1 aromatic carbocycles. The van der Waals surface area contributed by atoms with Crippen molar-refractivity contribution in [1.29, 1.82) is 0 Å². The van der Waals surface area contributed by atoms with Gasteiger partial charge in [-0.25, -0.2) is 8.42 Å². The number of nitrogens with zero attached hydrogens (tertiary/aromatic N) is 2. The van der Waals surface area contributed by atoms with Crippen LogP contribution >= 0.6 is 11.8 Å². The summed E-state index contributed by atoms with van der Waals surface area (Å²) in [6.45, 7) is 2.39. The number of aromatic nitrogens is 2. The van der Waals surface area contributed by atoms with E-state index in [1.807, 2.05) is 19.1 Å². The fraction of sp³-hybridized carbons (Fsp3) is 0.471. The van der Waals surface area contributed by atoms with Crippen LogP contribution in [0, 0.1) is 5.92 Å². The van der Waals surface area contributed by atoms with E-state index in [1.165, 1.54) is 0 Å². The molecule has 1 amide bonds. The number of ether oxygens (including phenoxy) is 1. The summed E-state index contributed by atoms with van der Waals surface area (Å²) < 4.78 is 34.0. The summed E-state index contributed by atoms with van der Waals surface area (Å²) in [6, 6.07) is 7.22. The molecule has 1 aliphatic heterocycles. The second-order valence-electron chi connectivity index (χ2n) is 6.20. The van der Waals surface area contributed by atoms with E-state index in [4.69, 9.17) is 9.15 Å². The van der Waals surface area contributed by atoms with Crippen LogP contribution in [0.3, 0.4) is 0 Å². The van der Waals surface area contributed by atoms with Gasteiger partial charge in [-0.2, -0.15) is 0 Å². The maximum atomic E-state index is 12.2. The normalized spacial score (nSPS) is 18.3. The fourth-order valence-electron chi connectivity index (χ4n) is 2.82. The predicted octanol–water partition coefficient (Wildman–Crippen LogP) is 2.18. The van der Waals surface area contributed by atoms with Crippen molar-refractivity contribution < 1.29 is 22.4 Å². The summed E-state index contributed by atoms with van der Waals surface area (Å²) in [5.74, 6) is 1.32. The number of para-hydroxylation sites is 2. The Morgan fingerprint density at radius 2 is 2.19 bits per heavy atom. The van der Waals surface area contributed by atoms with E-state index in [0.29, 0.717) is 42.0 Å². The molecule has 0 saturated carbocycles. The lowest BCUT2D eigenvalue weighted by atomic mass is 10.1. The van der Waals surface area contributed by atoms with Gasteiger partial charge in [0, 0.05) is 6.42 Å². The lowest BCUT2D eigenvalue weighted by Crippen LogP contribution is -2.14. The zero-order chi connectivity index (χ0) is 19.3. The second kappa shape index (κ2) is 8.75. The molecule has 0 bridgehead atoms. The number of anilines is 1. The number of carbonyl (C=O) groups excluding carboxylic acids is 1. The molecule has 146 valence electrons. The lowest BCUT2D eigenvalue weighted by Gasteiger charge is -2.10. The topological polar surface area (TPSA) is 111 Å². The summed E-state index contributed by atoms with van der Waals surface area (Å²) in [4.78, 5) is 12.2. The standard InChI is InChI=1S/C17H21N3O5S2/c1-2-24-14-6-4-3-5-13(14)18-15(21)10-26-17-20-19-16(25-17)9-12-7-8-27(22,23)11-12/h3-6,12H,2,7-11H2,1H3,(H,18,21)/t12-/m1/s1. The van der Waals surface area contributed by atoms with Gasteiger partial charge < -0.3 is 14.5 Å². The van der Waals surface area contributed by atoms with Gasteiger partial charge in [0.1, 0.15) is 5.75 Å². The summed E-state index contributed by atoms with van der Waals surface area (Å²) in [5, 5.41) is 10.9. The molecule has 1 aromatic heterocycles. The summed E-state index contributed by atoms with van der Waals surface area (Å²) in [5.41, 5.74) is 0.610. The minimum absolute atomic E-state index is 0.0201. The van der Waals surface area contributed by atoms with Crippen molar-refractivity contribution in [2.75, 3.05) is 29.2 Å². The Morgan fingerprint density at radius 3 is 2.93 bits per heavy atom. The predicted molar refractivity (Wildman–Crippen MR) is 102 cm³/mol. The highest BCUT2D eigenvalue weighted by Gasteiger charge is 2.29. The molecule has 10 heteroatoms. The number of sulfone groups is 1. The molecule has 0 unspecified atom stereocenters. The number of amides is 1. The first-order valence-electron chi connectivity index (χ1n) is 8.62. The molecule has 0 aliphatic carbocycles. The van der Waals surface area contributed by atoms with Gasteiger partial charge in [-0.1, -0.05) is 23.9 Å². The molecular formula is C17H21N3O5S2. The SMILES string of the molecule is CCOc1ccccc1NC(=O)CSc1nnc(C[C@H]2CCS(=O)(=O)C2)o1. The van der Waals surface area contributed by atoms with Gasteiger partial charge in [-0.15, -0.1) is 10.2 Å². The Bertz CT molecular complexity index is 897. The molecular weight excluding hydrogens is 390 g/mol. The van der Waals surface area contributed by atoms with Crippen molar-refractivity contribution in [3.8, 4) is 5.75 Å². The maximum Gasteiger partial charge on any atom is 0.277 e. The number of benzene rings is 1. The number of rotatable bonds is 8. The van der Waals surface area contributed by atoms with Crippen molar-refractivity contribution in [2.24, 2.45) is 5.92 Å². The number of hydrogen-bond donors (Lipinski definition) is 1. The van der Waals surface area contributed by atoms with Crippen LogP contribution in [0.1, 0.15) is 19.2 Å². The Morgan fingerprint density at radius 1 is 1.37 bits per heavy atom. The minimum atomic E-state index is -2.93. The molecule has 2 heterocycles. The molecule has 1 fully saturated rings. The van der Waals surface area contributed by atoms with Crippen LogP contribution in [0.25, 0.3) is 0 Å². The van der Waals surface area contributed by atoms with Gasteiger partial charge in [0.2, 0.25) is 11.8 Å². The van der Waals surface area contributed by atoms with Crippen LogP contribution in [-0.4, -0.2) is 48.4 Å². The van der Waals surface area contributed by atoms with E-state index in [-0.39, 0.29) is 29.1 Å². The van der Waals surface area contributed by atoms with Crippen LogP contribution in [0.5, 0.6) is 5.75 Å². The second-order valence-corrected chi connectivity index (χ2v) is 9.36. The first kappa shape index (κ1) is 19.7. The largest absolute Gasteiger partial charge is 0.492 e. The molecule has 1 aliphatic rings. The van der Waals surface area contributed by atoms with Crippen LogP contribution < -0.4 is 10.1 Å². The summed E-state index contributed by atoms with van der Waals surface area (Å²) in [6.07, 6.45) is 1.07. The average Bonchev–Trinajstić information content (AvgIpc) is 3.21. The highest BCUT2D eigenvalue weighted by Crippen LogP contribution is 2.26. The molecule has 1 N–H and O–H groups in total. The number of hydrogen-bond acceptors (Lipinski definition) is 8. The van der Waals surface area contributed by atoms with E-state index in [2.05, 4.69) is 15.5 Å². The number of thioether (sulfide) groups is 1. The van der Waals surface area contributed by atoms with Crippen LogP contribution in [-0.2, 0) is 21.1 Å². The van der Waals surface area contributed by atoms with Crippen molar-refractivity contribution >= 4 is 33.2 Å². The molecule has 1 saturated heterocycles. The van der Waals surface area contributed by atoms with Gasteiger partial charge in [-0.05, 0) is 31.4 Å². The van der Waals surface area contributed by atoms with Gasteiger partial charge in [0.05, 0.1) is 29.6 Å². The van der Waals surface area contributed by atoms with E-state index in [1.54, 1.807) is 12.1 Å². The zero-order valence-corrected chi connectivity index (χ0v) is 16.5. The van der Waals surface area contributed by atoms with Crippen molar-refractivity contribution in [2.45, 2.75) is 25.0 Å². The van der Waals surface area contributed by atoms with Crippen LogP contribution in [0.2, 0.25) is 0 Å². The van der Waals surface area contributed by atoms with Gasteiger partial charge in [0.25, 0.3) is 5.22 Å². The van der Waals surface area contributed by atoms with Gasteiger partial charge in [0.15, 0.2) is 9.84 Å². The highest BCUT2D eigenvalue weighted by molar-refractivity contribution is 7.99.